The number of nitrogens with zero attached hydrogens (tertiary/aromatic N) is 2. The number of amides is 1. The summed E-state index contributed by atoms with van der Waals surface area (Å²) in [5.41, 5.74) is 0. The molecule has 116 valence electrons. The van der Waals surface area contributed by atoms with Crippen LogP contribution in [0.2, 0.25) is 0 Å². The number of hydrogen-bond donors (Lipinski definition) is 1. The van der Waals surface area contributed by atoms with Crippen LogP contribution in [0.5, 0.6) is 0 Å². The van der Waals surface area contributed by atoms with Crippen molar-refractivity contribution >= 4 is 5.91 Å². The Morgan fingerprint density at radius 3 is 2.40 bits per heavy atom. The summed E-state index contributed by atoms with van der Waals surface area (Å²) >= 11 is 0. The van der Waals surface area contributed by atoms with Gasteiger partial charge in [0.1, 0.15) is 0 Å². The molecule has 2 aliphatic heterocycles. The first-order chi connectivity index (χ1) is 9.39. The number of likely N-dealkylation sites (tertiary alicyclic amines) is 2. The van der Waals surface area contributed by atoms with Crippen molar-refractivity contribution in [3.8, 4) is 0 Å². The van der Waals surface area contributed by atoms with Gasteiger partial charge in [-0.25, -0.2) is 0 Å². The summed E-state index contributed by atoms with van der Waals surface area (Å²) in [4.78, 5) is 15.3. The van der Waals surface area contributed by atoms with Crippen LogP contribution in [-0.4, -0.2) is 65.3 Å². The average molecular weight is 294 g/mol. The smallest absolute Gasteiger partial charge is 0.382 e. The van der Waals surface area contributed by atoms with Crippen LogP contribution in [0, 0.1) is 0 Å². The van der Waals surface area contributed by atoms with Gasteiger partial charge in [-0.15, -0.1) is 0 Å². The van der Waals surface area contributed by atoms with Crippen LogP contribution in [-0.2, 0) is 4.79 Å². The Hall–Kier alpha value is -0.820. The molecule has 2 heterocycles. The first kappa shape index (κ1) is 15.6. The van der Waals surface area contributed by atoms with E-state index in [4.69, 9.17) is 0 Å². The summed E-state index contributed by atoms with van der Waals surface area (Å²) in [5, 5.41) is 9.39. The van der Waals surface area contributed by atoms with Crippen molar-refractivity contribution in [2.45, 2.75) is 50.4 Å². The van der Waals surface area contributed by atoms with Gasteiger partial charge in [-0.3, -0.25) is 9.69 Å². The largest absolute Gasteiger partial charge is 0.415 e. The van der Waals surface area contributed by atoms with Crippen LogP contribution >= 0.6 is 0 Å². The van der Waals surface area contributed by atoms with Gasteiger partial charge >= 0.3 is 6.18 Å². The SMILES string of the molecule is O=C(CN1CCC[C@H]1[C@H](O)C(F)(F)F)N1CCCCC1. The summed E-state index contributed by atoms with van der Waals surface area (Å²) in [7, 11) is 0. The van der Waals surface area contributed by atoms with Crippen molar-refractivity contribution in [3.63, 3.8) is 0 Å². The van der Waals surface area contributed by atoms with Gasteiger partial charge in [-0.05, 0) is 38.6 Å². The molecule has 7 heteroatoms. The van der Waals surface area contributed by atoms with Crippen LogP contribution in [0.3, 0.4) is 0 Å². The van der Waals surface area contributed by atoms with Crippen LogP contribution in [0.15, 0.2) is 0 Å². The molecule has 0 aliphatic carbocycles. The van der Waals surface area contributed by atoms with E-state index in [0.29, 0.717) is 26.1 Å². The minimum atomic E-state index is -4.62. The maximum absolute atomic E-state index is 12.6. The van der Waals surface area contributed by atoms with Gasteiger partial charge in [0, 0.05) is 19.1 Å². The minimum Gasteiger partial charge on any atom is -0.382 e. The fraction of sp³-hybridized carbons (Fsp3) is 0.923. The summed E-state index contributed by atoms with van der Waals surface area (Å²) < 4.78 is 37.8. The number of alkyl halides is 3. The Kier molecular flexibility index (Phi) is 4.90. The predicted octanol–water partition coefficient (Wildman–Crippen LogP) is 1.39. The fourth-order valence-corrected chi connectivity index (χ4v) is 3.04. The molecule has 2 aliphatic rings. The number of rotatable bonds is 3. The molecule has 2 rings (SSSR count). The van der Waals surface area contributed by atoms with Gasteiger partial charge in [0.05, 0.1) is 6.54 Å². The Balaban J connectivity index is 1.92. The van der Waals surface area contributed by atoms with Gasteiger partial charge in [-0.2, -0.15) is 13.2 Å². The minimum absolute atomic E-state index is 0.0161. The Labute approximate surface area is 116 Å². The van der Waals surface area contributed by atoms with Gasteiger partial charge in [-0.1, -0.05) is 0 Å². The van der Waals surface area contributed by atoms with Crippen molar-refractivity contribution in [2.24, 2.45) is 0 Å². The molecule has 1 N–H and O–H groups in total. The molecule has 2 atom stereocenters. The zero-order valence-corrected chi connectivity index (χ0v) is 11.4. The molecule has 0 aromatic carbocycles. The lowest BCUT2D eigenvalue weighted by atomic mass is 10.1. The highest BCUT2D eigenvalue weighted by molar-refractivity contribution is 5.78. The lowest BCUT2D eigenvalue weighted by Gasteiger charge is -2.32. The third-order valence-corrected chi connectivity index (χ3v) is 4.16. The Morgan fingerprint density at radius 1 is 1.15 bits per heavy atom. The maximum atomic E-state index is 12.6. The van der Waals surface area contributed by atoms with Crippen LogP contribution in [0.25, 0.3) is 0 Å². The van der Waals surface area contributed by atoms with E-state index in [1.807, 2.05) is 0 Å². The van der Waals surface area contributed by atoms with Crippen molar-refractivity contribution in [1.29, 1.82) is 0 Å². The first-order valence-corrected chi connectivity index (χ1v) is 7.16. The van der Waals surface area contributed by atoms with E-state index in [0.717, 1.165) is 19.3 Å². The lowest BCUT2D eigenvalue weighted by Crippen LogP contribution is -2.50. The molecule has 0 aromatic rings. The normalized spacial score (nSPS) is 26.8. The molecule has 4 nitrogen and oxygen atoms in total. The molecular weight excluding hydrogens is 273 g/mol. The van der Waals surface area contributed by atoms with Crippen LogP contribution in [0.4, 0.5) is 13.2 Å². The second-order valence-electron chi connectivity index (χ2n) is 5.61. The van der Waals surface area contributed by atoms with Gasteiger partial charge in [0.15, 0.2) is 6.10 Å². The number of hydrogen-bond acceptors (Lipinski definition) is 3. The van der Waals surface area contributed by atoms with E-state index in [-0.39, 0.29) is 18.9 Å². The Morgan fingerprint density at radius 2 is 1.80 bits per heavy atom. The molecule has 0 saturated carbocycles. The molecular formula is C13H21F3N2O2. The lowest BCUT2D eigenvalue weighted by molar-refractivity contribution is -0.219. The van der Waals surface area contributed by atoms with Crippen molar-refractivity contribution in [3.05, 3.63) is 0 Å². The fourth-order valence-electron chi connectivity index (χ4n) is 3.04. The van der Waals surface area contributed by atoms with Crippen molar-refractivity contribution in [2.75, 3.05) is 26.2 Å². The highest BCUT2D eigenvalue weighted by atomic mass is 19.4. The Bertz CT molecular complexity index is 343. The maximum Gasteiger partial charge on any atom is 0.415 e. The summed E-state index contributed by atoms with van der Waals surface area (Å²) in [5.74, 6) is -0.119. The second kappa shape index (κ2) is 6.30. The molecule has 0 radical (unpaired) electrons. The first-order valence-electron chi connectivity index (χ1n) is 7.16. The summed E-state index contributed by atoms with van der Waals surface area (Å²) in [6.07, 6.45) is -3.09. The number of aliphatic hydroxyl groups is 1. The van der Waals surface area contributed by atoms with Crippen LogP contribution < -0.4 is 0 Å². The van der Waals surface area contributed by atoms with E-state index < -0.39 is 18.3 Å². The van der Waals surface area contributed by atoms with Crippen molar-refractivity contribution in [1.82, 2.24) is 9.80 Å². The quantitative estimate of drug-likeness (QED) is 0.855. The highest BCUT2D eigenvalue weighted by Crippen LogP contribution is 2.30. The molecule has 1 amide bonds. The number of piperidine rings is 1. The molecule has 0 spiro atoms. The standard InChI is InChI=1S/C13H21F3N2O2/c14-13(15,16)12(20)10-5-4-8-18(10)9-11(19)17-6-2-1-3-7-17/h10,12,20H,1-9H2/t10-,12-/m0/s1. The molecule has 0 aromatic heterocycles. The van der Waals surface area contributed by atoms with E-state index in [1.54, 1.807) is 4.90 Å². The molecule has 0 unspecified atom stereocenters. The number of carbonyl (C=O) groups is 1. The van der Waals surface area contributed by atoms with E-state index in [1.165, 1.54) is 4.90 Å². The monoisotopic (exact) mass is 294 g/mol. The number of halogens is 3. The van der Waals surface area contributed by atoms with E-state index in [9.17, 15) is 23.1 Å². The zero-order valence-electron chi connectivity index (χ0n) is 11.4. The molecule has 2 fully saturated rings. The second-order valence-corrected chi connectivity index (χ2v) is 5.61. The highest BCUT2D eigenvalue weighted by Gasteiger charge is 2.47. The molecule has 2 saturated heterocycles. The van der Waals surface area contributed by atoms with E-state index in [2.05, 4.69) is 0 Å². The number of aliphatic hydroxyl groups excluding tert-OH is 1. The summed E-state index contributed by atoms with van der Waals surface area (Å²) in [6, 6.07) is -0.983. The third kappa shape index (κ3) is 3.63. The van der Waals surface area contributed by atoms with Crippen molar-refractivity contribution < 1.29 is 23.1 Å². The molecule has 20 heavy (non-hydrogen) atoms. The molecule has 0 bridgehead atoms. The topological polar surface area (TPSA) is 43.8 Å². The number of carbonyl (C=O) groups excluding carboxylic acids is 1. The predicted molar refractivity (Wildman–Crippen MR) is 67.1 cm³/mol. The van der Waals surface area contributed by atoms with E-state index >= 15 is 0 Å². The third-order valence-electron chi connectivity index (χ3n) is 4.16. The van der Waals surface area contributed by atoms with Gasteiger partial charge in [0.25, 0.3) is 0 Å². The zero-order chi connectivity index (χ0) is 14.8. The average Bonchev–Trinajstić information content (AvgIpc) is 2.85. The van der Waals surface area contributed by atoms with Gasteiger partial charge < -0.3 is 10.0 Å². The van der Waals surface area contributed by atoms with Gasteiger partial charge in [0.2, 0.25) is 5.91 Å². The summed E-state index contributed by atoms with van der Waals surface area (Å²) in [6.45, 7) is 1.81. The van der Waals surface area contributed by atoms with Crippen LogP contribution in [0.1, 0.15) is 32.1 Å².